The average molecular weight is 321 g/mol. The third-order valence-electron chi connectivity index (χ3n) is 4.05. The molecule has 0 saturated carbocycles. The summed E-state index contributed by atoms with van der Waals surface area (Å²) in [5, 5.41) is 0.535. The largest absolute Gasteiger partial charge is 0.311 e. The molecule has 0 aliphatic rings. The molecule has 0 N–H and O–H groups in total. The van der Waals surface area contributed by atoms with Gasteiger partial charge in [0, 0.05) is 12.2 Å². The molecular weight excluding hydrogens is 302 g/mol. The van der Waals surface area contributed by atoms with Crippen molar-refractivity contribution < 1.29 is 4.79 Å². The average Bonchev–Trinajstić information content (AvgIpc) is 2.59. The van der Waals surface area contributed by atoms with E-state index in [0.29, 0.717) is 17.4 Å². The number of hydrogen-bond acceptors (Lipinski definition) is 3. The van der Waals surface area contributed by atoms with E-state index >= 15 is 0 Å². The first-order valence-electron chi connectivity index (χ1n) is 7.92. The normalized spacial score (nSPS) is 10.8. The molecule has 0 atom stereocenters. The minimum atomic E-state index is -0.193. The Labute approximate surface area is 140 Å². The zero-order valence-electron chi connectivity index (χ0n) is 13.8. The van der Waals surface area contributed by atoms with Crippen LogP contribution in [0.15, 0.2) is 59.7 Å². The highest BCUT2D eigenvalue weighted by molar-refractivity contribution is 5.93. The number of nitrogens with zero attached hydrogens (tertiary/aromatic N) is 3. The Morgan fingerprint density at radius 1 is 1.12 bits per heavy atom. The van der Waals surface area contributed by atoms with Crippen LogP contribution in [0.1, 0.15) is 12.5 Å². The number of carbonyl (C=O) groups excluding carboxylic acids is 1. The van der Waals surface area contributed by atoms with Crippen molar-refractivity contribution in [3.63, 3.8) is 0 Å². The summed E-state index contributed by atoms with van der Waals surface area (Å²) < 4.78 is 1.37. The number of aryl methyl sites for hydroxylation is 1. The standard InChI is InChI=1S/C19H19N3O2/c1-3-22(15-9-5-4-6-10-15)17(23)12-21-13-20-18-14(2)8-7-11-16(18)19(21)24/h4-11,13H,3,12H2,1-2H3. The molecule has 1 heterocycles. The molecule has 24 heavy (non-hydrogen) atoms. The molecule has 1 amide bonds. The second kappa shape index (κ2) is 6.66. The number of hydrogen-bond donors (Lipinski definition) is 0. The Balaban J connectivity index is 1.93. The Bertz CT molecular complexity index is 932. The Kier molecular flexibility index (Phi) is 4.42. The van der Waals surface area contributed by atoms with E-state index in [1.807, 2.05) is 56.3 Å². The van der Waals surface area contributed by atoms with Gasteiger partial charge in [-0.2, -0.15) is 0 Å². The Hall–Kier alpha value is -2.95. The van der Waals surface area contributed by atoms with E-state index in [-0.39, 0.29) is 18.0 Å². The second-order valence-corrected chi connectivity index (χ2v) is 5.62. The lowest BCUT2D eigenvalue weighted by Crippen LogP contribution is -2.36. The smallest absolute Gasteiger partial charge is 0.261 e. The number of likely N-dealkylation sites (N-methyl/N-ethyl adjacent to an activating group) is 1. The Morgan fingerprint density at radius 2 is 1.88 bits per heavy atom. The highest BCUT2D eigenvalue weighted by atomic mass is 16.2. The summed E-state index contributed by atoms with van der Waals surface area (Å²) in [7, 11) is 0. The fraction of sp³-hybridized carbons (Fsp3) is 0.211. The van der Waals surface area contributed by atoms with Gasteiger partial charge in [-0.3, -0.25) is 14.2 Å². The molecule has 122 valence electrons. The SMILES string of the molecule is CCN(C(=O)Cn1cnc2c(C)cccc2c1=O)c1ccccc1. The van der Waals surface area contributed by atoms with Crippen LogP contribution in [0.5, 0.6) is 0 Å². The molecule has 2 aromatic carbocycles. The van der Waals surface area contributed by atoms with Gasteiger partial charge in [-0.15, -0.1) is 0 Å². The van der Waals surface area contributed by atoms with Crippen LogP contribution in [0.3, 0.4) is 0 Å². The lowest BCUT2D eigenvalue weighted by atomic mass is 10.1. The van der Waals surface area contributed by atoms with Crippen LogP contribution in [-0.2, 0) is 11.3 Å². The highest BCUT2D eigenvalue weighted by Crippen LogP contribution is 2.14. The summed E-state index contributed by atoms with van der Waals surface area (Å²) >= 11 is 0. The number of aromatic nitrogens is 2. The molecule has 0 spiro atoms. The molecule has 0 aliphatic heterocycles. The van der Waals surface area contributed by atoms with Gasteiger partial charge in [0.15, 0.2) is 0 Å². The summed E-state index contributed by atoms with van der Waals surface area (Å²) in [6.07, 6.45) is 1.45. The van der Waals surface area contributed by atoms with Crippen molar-refractivity contribution in [2.45, 2.75) is 20.4 Å². The molecule has 1 aromatic heterocycles. The van der Waals surface area contributed by atoms with Crippen LogP contribution in [0.25, 0.3) is 10.9 Å². The van der Waals surface area contributed by atoms with E-state index in [9.17, 15) is 9.59 Å². The van der Waals surface area contributed by atoms with Gasteiger partial charge in [-0.1, -0.05) is 30.3 Å². The summed E-state index contributed by atoms with van der Waals surface area (Å²) in [5.74, 6) is -0.139. The maximum Gasteiger partial charge on any atom is 0.261 e. The molecule has 3 rings (SSSR count). The fourth-order valence-corrected chi connectivity index (χ4v) is 2.79. The van der Waals surface area contributed by atoms with Crippen molar-refractivity contribution in [1.29, 1.82) is 0 Å². The minimum absolute atomic E-state index is 0.0293. The number of fused-ring (bicyclic) bond motifs is 1. The van der Waals surface area contributed by atoms with Crippen molar-refractivity contribution in [1.82, 2.24) is 9.55 Å². The van der Waals surface area contributed by atoms with Crippen LogP contribution in [0.2, 0.25) is 0 Å². The first kappa shape index (κ1) is 15.9. The molecule has 0 bridgehead atoms. The lowest BCUT2D eigenvalue weighted by molar-refractivity contribution is -0.119. The van der Waals surface area contributed by atoms with Gasteiger partial charge in [-0.05, 0) is 37.6 Å². The van der Waals surface area contributed by atoms with Crippen LogP contribution in [0, 0.1) is 6.92 Å². The Morgan fingerprint density at radius 3 is 2.58 bits per heavy atom. The molecule has 0 fully saturated rings. The first-order valence-corrected chi connectivity index (χ1v) is 7.92. The first-order chi connectivity index (χ1) is 11.6. The van der Waals surface area contributed by atoms with Crippen molar-refractivity contribution in [3.8, 4) is 0 Å². The third kappa shape index (κ3) is 2.93. The fourth-order valence-electron chi connectivity index (χ4n) is 2.79. The monoisotopic (exact) mass is 321 g/mol. The van der Waals surface area contributed by atoms with Crippen LogP contribution >= 0.6 is 0 Å². The quantitative estimate of drug-likeness (QED) is 0.742. The van der Waals surface area contributed by atoms with Crippen LogP contribution < -0.4 is 10.5 Å². The van der Waals surface area contributed by atoms with Gasteiger partial charge >= 0.3 is 0 Å². The predicted molar refractivity (Wildman–Crippen MR) is 95.2 cm³/mol. The van der Waals surface area contributed by atoms with Gasteiger partial charge in [0.25, 0.3) is 5.56 Å². The van der Waals surface area contributed by atoms with Gasteiger partial charge in [-0.25, -0.2) is 4.98 Å². The predicted octanol–water partition coefficient (Wildman–Crippen LogP) is 2.76. The number of para-hydroxylation sites is 2. The number of rotatable bonds is 4. The van der Waals surface area contributed by atoms with Crippen LogP contribution in [-0.4, -0.2) is 22.0 Å². The summed E-state index contributed by atoms with van der Waals surface area (Å²) in [6, 6.07) is 14.9. The molecule has 5 heteroatoms. The van der Waals surface area contributed by atoms with E-state index in [0.717, 1.165) is 11.3 Å². The minimum Gasteiger partial charge on any atom is -0.311 e. The van der Waals surface area contributed by atoms with Crippen molar-refractivity contribution in [3.05, 3.63) is 70.8 Å². The van der Waals surface area contributed by atoms with Gasteiger partial charge in [0.1, 0.15) is 6.54 Å². The van der Waals surface area contributed by atoms with Gasteiger partial charge < -0.3 is 4.90 Å². The topological polar surface area (TPSA) is 55.2 Å². The number of benzene rings is 2. The number of carbonyl (C=O) groups is 1. The van der Waals surface area contributed by atoms with Crippen LogP contribution in [0.4, 0.5) is 5.69 Å². The molecule has 0 unspecified atom stereocenters. The summed E-state index contributed by atoms with van der Waals surface area (Å²) in [5.41, 5.74) is 2.26. The zero-order chi connectivity index (χ0) is 17.1. The van der Waals surface area contributed by atoms with Crippen molar-refractivity contribution in [2.75, 3.05) is 11.4 Å². The summed E-state index contributed by atoms with van der Waals surface area (Å²) in [6.45, 7) is 4.34. The highest BCUT2D eigenvalue weighted by Gasteiger charge is 2.16. The molecule has 5 nitrogen and oxygen atoms in total. The number of anilines is 1. The molecule has 3 aromatic rings. The second-order valence-electron chi connectivity index (χ2n) is 5.62. The summed E-state index contributed by atoms with van der Waals surface area (Å²) in [4.78, 5) is 31.3. The lowest BCUT2D eigenvalue weighted by Gasteiger charge is -2.21. The molecule has 0 radical (unpaired) electrons. The van der Waals surface area contributed by atoms with E-state index < -0.39 is 0 Å². The van der Waals surface area contributed by atoms with E-state index in [2.05, 4.69) is 4.98 Å². The maximum absolute atomic E-state index is 12.6. The van der Waals surface area contributed by atoms with Gasteiger partial charge in [0.2, 0.25) is 5.91 Å². The van der Waals surface area contributed by atoms with Crippen molar-refractivity contribution >= 4 is 22.5 Å². The maximum atomic E-state index is 12.6. The van der Waals surface area contributed by atoms with Crippen molar-refractivity contribution in [2.24, 2.45) is 0 Å². The molecule has 0 aliphatic carbocycles. The zero-order valence-corrected chi connectivity index (χ0v) is 13.8. The molecular formula is C19H19N3O2. The van der Waals surface area contributed by atoms with E-state index in [1.54, 1.807) is 11.0 Å². The van der Waals surface area contributed by atoms with E-state index in [4.69, 9.17) is 0 Å². The van der Waals surface area contributed by atoms with E-state index in [1.165, 1.54) is 10.9 Å². The number of amides is 1. The van der Waals surface area contributed by atoms with Gasteiger partial charge in [0.05, 0.1) is 17.2 Å². The molecule has 0 saturated heterocycles. The third-order valence-corrected chi connectivity index (χ3v) is 4.05.